The maximum absolute atomic E-state index is 12.7. The van der Waals surface area contributed by atoms with Crippen LogP contribution in [0.1, 0.15) is 35.8 Å². The number of H-pyrrole nitrogens is 1. The third kappa shape index (κ3) is 5.51. The molecule has 0 aliphatic heterocycles. The monoisotopic (exact) mass is 371 g/mol. The number of nitrogens with one attached hydrogen (secondary N) is 2. The summed E-state index contributed by atoms with van der Waals surface area (Å²) in [4.78, 5) is 23.0. The third-order valence-corrected chi connectivity index (χ3v) is 4.75. The molecule has 0 aromatic carbocycles. The summed E-state index contributed by atoms with van der Waals surface area (Å²) in [5.74, 6) is -4.23. The molecule has 0 aliphatic carbocycles. The number of hydrogen-bond donors (Lipinski definition) is 3. The second-order valence-electron chi connectivity index (χ2n) is 4.99. The van der Waals surface area contributed by atoms with Crippen molar-refractivity contribution in [3.05, 3.63) is 17.5 Å². The molecule has 0 spiro atoms. The number of nitrogens with zero attached hydrogens (tertiary/aromatic N) is 1. The lowest BCUT2D eigenvalue weighted by Gasteiger charge is -2.15. The summed E-state index contributed by atoms with van der Waals surface area (Å²) in [6, 6.07) is -1.87. The first-order chi connectivity index (χ1) is 11.0. The molecule has 8 nitrogen and oxygen atoms in total. The van der Waals surface area contributed by atoms with E-state index in [1.165, 1.54) is 0 Å². The van der Waals surface area contributed by atoms with E-state index in [0.29, 0.717) is 19.0 Å². The van der Waals surface area contributed by atoms with Crippen molar-refractivity contribution < 1.29 is 36.3 Å². The van der Waals surface area contributed by atoms with Gasteiger partial charge in [0.05, 0.1) is 23.3 Å². The summed E-state index contributed by atoms with van der Waals surface area (Å²) < 4.78 is 61.6. The zero-order valence-electron chi connectivity index (χ0n) is 12.6. The predicted molar refractivity (Wildman–Crippen MR) is 76.0 cm³/mol. The molecule has 3 N–H and O–H groups in total. The molecule has 1 aromatic heterocycles. The molecule has 0 bridgehead atoms. The largest absolute Gasteiger partial charge is 0.480 e. The van der Waals surface area contributed by atoms with Gasteiger partial charge >= 0.3 is 12.1 Å². The van der Waals surface area contributed by atoms with E-state index < -0.39 is 50.9 Å². The van der Waals surface area contributed by atoms with Crippen LogP contribution in [0.15, 0.2) is 6.20 Å². The lowest BCUT2D eigenvalue weighted by molar-refractivity contribution is -0.141. The molecule has 1 heterocycles. The molecule has 0 fully saturated rings. The van der Waals surface area contributed by atoms with Crippen molar-refractivity contribution in [1.82, 2.24) is 15.5 Å². The Kier molecular flexibility index (Phi) is 6.35. The highest BCUT2D eigenvalue weighted by molar-refractivity contribution is 7.91. The van der Waals surface area contributed by atoms with Crippen LogP contribution in [0.25, 0.3) is 0 Å². The first-order valence-electron chi connectivity index (χ1n) is 6.82. The molecule has 0 saturated carbocycles. The zero-order chi connectivity index (χ0) is 18.5. The minimum absolute atomic E-state index is 0.275. The minimum atomic E-state index is -4.89. The standard InChI is InChI=1S/C12H16F3N3O5S/c1-2-3-4-24(22,23)6-8(11(20)21)17-10(19)7-5-16-18-9(7)12(13,14)15/h5,8H,2-4,6H2,1H3,(H,16,18)(H,17,19)(H,20,21)/t8-/m1/s1. The first kappa shape index (κ1) is 19.9. The molecule has 1 atom stereocenters. The number of carbonyl (C=O) groups is 2. The Morgan fingerprint density at radius 1 is 1.42 bits per heavy atom. The number of rotatable bonds is 8. The predicted octanol–water partition coefficient (Wildman–Crippen LogP) is 0.826. The number of amides is 1. The highest BCUT2D eigenvalue weighted by Crippen LogP contribution is 2.29. The number of aromatic nitrogens is 2. The van der Waals surface area contributed by atoms with Crippen LogP contribution < -0.4 is 5.32 Å². The fourth-order valence-corrected chi connectivity index (χ4v) is 3.42. The number of carboxylic acid groups (broad SMARTS) is 1. The third-order valence-electron chi connectivity index (χ3n) is 3.00. The minimum Gasteiger partial charge on any atom is -0.480 e. The van der Waals surface area contributed by atoms with Gasteiger partial charge in [-0.25, -0.2) is 13.2 Å². The molecule has 0 aliphatic rings. The number of aliphatic carboxylic acids is 1. The Morgan fingerprint density at radius 3 is 2.54 bits per heavy atom. The van der Waals surface area contributed by atoms with Gasteiger partial charge in [0.1, 0.15) is 6.04 Å². The summed E-state index contributed by atoms with van der Waals surface area (Å²) in [5.41, 5.74) is -2.36. The highest BCUT2D eigenvalue weighted by Gasteiger charge is 2.38. The van der Waals surface area contributed by atoms with Gasteiger partial charge in [0.15, 0.2) is 15.5 Å². The molecule has 0 radical (unpaired) electrons. The second kappa shape index (κ2) is 7.64. The molecule has 12 heteroatoms. The number of sulfone groups is 1. The van der Waals surface area contributed by atoms with Crippen LogP contribution in [0.5, 0.6) is 0 Å². The fourth-order valence-electron chi connectivity index (χ4n) is 1.79. The van der Waals surface area contributed by atoms with Gasteiger partial charge < -0.3 is 10.4 Å². The van der Waals surface area contributed by atoms with E-state index in [9.17, 15) is 31.2 Å². The van der Waals surface area contributed by atoms with E-state index in [0.717, 1.165) is 0 Å². The van der Waals surface area contributed by atoms with E-state index in [1.54, 1.807) is 17.3 Å². The lowest BCUT2D eigenvalue weighted by atomic mass is 10.2. The van der Waals surface area contributed by atoms with Gasteiger partial charge in [-0.2, -0.15) is 18.3 Å². The van der Waals surface area contributed by atoms with Gasteiger partial charge in [0, 0.05) is 0 Å². The Labute approximate surface area is 135 Å². The van der Waals surface area contributed by atoms with Crippen LogP contribution in [-0.4, -0.2) is 53.1 Å². The molecule has 1 rings (SSSR count). The average molecular weight is 371 g/mol. The van der Waals surface area contributed by atoms with Crippen LogP contribution >= 0.6 is 0 Å². The summed E-state index contributed by atoms with van der Waals surface area (Å²) in [6.07, 6.45) is -3.44. The molecule has 0 unspecified atom stereocenters. The van der Waals surface area contributed by atoms with Crippen LogP contribution in [-0.2, 0) is 20.8 Å². The van der Waals surface area contributed by atoms with Crippen LogP contribution in [0, 0.1) is 0 Å². The van der Waals surface area contributed by atoms with E-state index in [1.807, 2.05) is 0 Å². The Morgan fingerprint density at radius 2 is 2.04 bits per heavy atom. The van der Waals surface area contributed by atoms with Crippen molar-refractivity contribution in [1.29, 1.82) is 0 Å². The Balaban J connectivity index is 2.92. The average Bonchev–Trinajstić information content (AvgIpc) is 2.93. The van der Waals surface area contributed by atoms with Crippen LogP contribution in [0.2, 0.25) is 0 Å². The van der Waals surface area contributed by atoms with Gasteiger partial charge in [0.2, 0.25) is 0 Å². The normalized spacial score (nSPS) is 13.5. The zero-order valence-corrected chi connectivity index (χ0v) is 13.4. The first-order valence-corrected chi connectivity index (χ1v) is 8.64. The van der Waals surface area contributed by atoms with Gasteiger partial charge in [-0.15, -0.1) is 0 Å². The van der Waals surface area contributed by atoms with Gasteiger partial charge in [0.25, 0.3) is 5.91 Å². The maximum Gasteiger partial charge on any atom is 0.433 e. The summed E-state index contributed by atoms with van der Waals surface area (Å²) >= 11 is 0. The molecule has 1 aromatic rings. The smallest absolute Gasteiger partial charge is 0.433 e. The number of alkyl halides is 3. The van der Waals surface area contributed by atoms with Crippen molar-refractivity contribution in [2.24, 2.45) is 0 Å². The quantitative estimate of drug-likeness (QED) is 0.621. The van der Waals surface area contributed by atoms with Crippen LogP contribution in [0.4, 0.5) is 13.2 Å². The fraction of sp³-hybridized carbons (Fsp3) is 0.583. The number of carbonyl (C=O) groups excluding carboxylic acids is 1. The number of aromatic amines is 1. The molecule has 136 valence electrons. The maximum atomic E-state index is 12.7. The number of carboxylic acids is 1. The van der Waals surface area contributed by atoms with E-state index in [2.05, 4.69) is 5.10 Å². The number of hydrogen-bond acceptors (Lipinski definition) is 5. The van der Waals surface area contributed by atoms with E-state index in [4.69, 9.17) is 5.11 Å². The van der Waals surface area contributed by atoms with Gasteiger partial charge in [-0.05, 0) is 6.42 Å². The van der Waals surface area contributed by atoms with E-state index in [-0.39, 0.29) is 5.75 Å². The van der Waals surface area contributed by atoms with E-state index >= 15 is 0 Å². The van der Waals surface area contributed by atoms with Crippen LogP contribution in [0.3, 0.4) is 0 Å². The number of halogens is 3. The summed E-state index contributed by atoms with van der Waals surface area (Å²) in [6.45, 7) is 1.74. The topological polar surface area (TPSA) is 129 Å². The summed E-state index contributed by atoms with van der Waals surface area (Å²) in [7, 11) is -3.78. The SMILES string of the molecule is CCCCS(=O)(=O)C[C@@H](NC(=O)c1cn[nH]c1C(F)(F)F)C(=O)O. The van der Waals surface area contributed by atoms with Gasteiger partial charge in [-0.3, -0.25) is 9.89 Å². The molecular weight excluding hydrogens is 355 g/mol. The molecular formula is C12H16F3N3O5S. The van der Waals surface area contributed by atoms with Gasteiger partial charge in [-0.1, -0.05) is 13.3 Å². The Bertz CT molecular complexity index is 699. The molecule has 24 heavy (non-hydrogen) atoms. The van der Waals surface area contributed by atoms with Crippen molar-refractivity contribution in [3.8, 4) is 0 Å². The van der Waals surface area contributed by atoms with Crippen molar-refractivity contribution >= 4 is 21.7 Å². The molecule has 1 amide bonds. The second-order valence-corrected chi connectivity index (χ2v) is 7.22. The van der Waals surface area contributed by atoms with Crippen molar-refractivity contribution in [3.63, 3.8) is 0 Å². The number of unbranched alkanes of at least 4 members (excludes halogenated alkanes) is 1. The van der Waals surface area contributed by atoms with Crippen molar-refractivity contribution in [2.45, 2.75) is 32.0 Å². The lowest BCUT2D eigenvalue weighted by Crippen LogP contribution is -2.46. The Hall–Kier alpha value is -2.11. The van der Waals surface area contributed by atoms with Crippen molar-refractivity contribution in [2.75, 3.05) is 11.5 Å². The summed E-state index contributed by atoms with van der Waals surface area (Å²) in [5, 5.41) is 15.5. The molecule has 0 saturated heterocycles. The highest BCUT2D eigenvalue weighted by atomic mass is 32.2.